The number of carbonyl (C=O) groups is 2. The zero-order valence-corrected chi connectivity index (χ0v) is 16.0. The minimum Gasteiger partial charge on any atom is -0.383 e. The van der Waals surface area contributed by atoms with E-state index in [1.165, 1.54) is 16.0 Å². The topological polar surface area (TPSA) is 80.3 Å². The molecule has 1 fully saturated rings. The van der Waals surface area contributed by atoms with Crippen LogP contribution in [0.15, 0.2) is 35.1 Å². The summed E-state index contributed by atoms with van der Waals surface area (Å²) in [5.74, 6) is 0.420. The van der Waals surface area contributed by atoms with Crippen molar-refractivity contribution < 1.29 is 9.59 Å². The molecular weight excluding hydrogens is 344 g/mol. The van der Waals surface area contributed by atoms with Gasteiger partial charge in [-0.15, -0.1) is 0 Å². The summed E-state index contributed by atoms with van der Waals surface area (Å²) < 4.78 is 0. The SMILES string of the molecule is CC1=CN2C(=NC3C2C(=O)NC(=O)N3C)N1CCNc1cccc(C)c1C. The molecule has 142 valence electrons. The van der Waals surface area contributed by atoms with Gasteiger partial charge >= 0.3 is 6.03 Å². The maximum absolute atomic E-state index is 12.3. The van der Waals surface area contributed by atoms with E-state index in [4.69, 9.17) is 0 Å². The highest BCUT2D eigenvalue weighted by Gasteiger charge is 2.51. The number of urea groups is 1. The zero-order chi connectivity index (χ0) is 19.3. The van der Waals surface area contributed by atoms with Crippen LogP contribution in [0.3, 0.4) is 0 Å². The predicted octanol–water partition coefficient (Wildman–Crippen LogP) is 1.44. The molecule has 1 aromatic rings. The maximum atomic E-state index is 12.3. The van der Waals surface area contributed by atoms with Crippen LogP contribution in [-0.2, 0) is 4.79 Å². The zero-order valence-electron chi connectivity index (χ0n) is 16.0. The first-order chi connectivity index (χ1) is 12.9. The van der Waals surface area contributed by atoms with Crippen LogP contribution in [0.25, 0.3) is 0 Å². The van der Waals surface area contributed by atoms with Crippen molar-refractivity contribution in [1.82, 2.24) is 20.0 Å². The minimum absolute atomic E-state index is 0.304. The van der Waals surface area contributed by atoms with Gasteiger partial charge in [0.05, 0.1) is 0 Å². The summed E-state index contributed by atoms with van der Waals surface area (Å²) in [4.78, 5) is 34.3. The lowest BCUT2D eigenvalue weighted by molar-refractivity contribution is -0.126. The van der Waals surface area contributed by atoms with Crippen LogP contribution in [0.4, 0.5) is 10.5 Å². The third-order valence-corrected chi connectivity index (χ3v) is 5.53. The molecule has 2 unspecified atom stereocenters. The van der Waals surface area contributed by atoms with Gasteiger partial charge in [-0.05, 0) is 38.0 Å². The molecule has 0 spiro atoms. The molecule has 2 N–H and O–H groups in total. The van der Waals surface area contributed by atoms with Gasteiger partial charge in [0, 0.05) is 37.7 Å². The summed E-state index contributed by atoms with van der Waals surface area (Å²) in [6, 6.07) is 5.31. The van der Waals surface area contributed by atoms with Gasteiger partial charge in [0.1, 0.15) is 0 Å². The van der Waals surface area contributed by atoms with E-state index < -0.39 is 18.2 Å². The smallest absolute Gasteiger partial charge is 0.325 e. The molecular formula is C19H24N6O2. The fraction of sp³-hybridized carbons (Fsp3) is 0.421. The molecule has 2 atom stereocenters. The second-order valence-electron chi connectivity index (χ2n) is 7.20. The molecule has 0 saturated carbocycles. The molecule has 1 saturated heterocycles. The number of amides is 3. The van der Waals surface area contributed by atoms with Gasteiger partial charge in [-0.3, -0.25) is 10.1 Å². The van der Waals surface area contributed by atoms with Gasteiger partial charge < -0.3 is 20.0 Å². The van der Waals surface area contributed by atoms with Gasteiger partial charge in [0.25, 0.3) is 5.91 Å². The number of nitrogens with one attached hydrogen (secondary N) is 2. The number of aliphatic imine (C=N–C) groups is 1. The van der Waals surface area contributed by atoms with Gasteiger partial charge in [0.15, 0.2) is 12.2 Å². The predicted molar refractivity (Wildman–Crippen MR) is 103 cm³/mol. The summed E-state index contributed by atoms with van der Waals surface area (Å²) >= 11 is 0. The molecule has 27 heavy (non-hydrogen) atoms. The van der Waals surface area contributed by atoms with E-state index in [1.54, 1.807) is 7.05 Å². The fourth-order valence-corrected chi connectivity index (χ4v) is 3.77. The molecule has 3 amide bonds. The molecule has 0 aromatic heterocycles. The van der Waals surface area contributed by atoms with Crippen molar-refractivity contribution in [2.75, 3.05) is 25.5 Å². The van der Waals surface area contributed by atoms with Crippen molar-refractivity contribution in [3.8, 4) is 0 Å². The Morgan fingerprint density at radius 2 is 2.00 bits per heavy atom. The van der Waals surface area contributed by atoms with Crippen molar-refractivity contribution in [2.45, 2.75) is 33.0 Å². The summed E-state index contributed by atoms with van der Waals surface area (Å²) in [5, 5.41) is 5.87. The Hall–Kier alpha value is -3.03. The van der Waals surface area contributed by atoms with Crippen LogP contribution < -0.4 is 10.6 Å². The fourth-order valence-electron chi connectivity index (χ4n) is 3.77. The number of likely N-dealkylation sites (N-methyl/N-ethyl adjacent to an activating group) is 1. The number of anilines is 1. The van der Waals surface area contributed by atoms with Gasteiger partial charge in [0.2, 0.25) is 5.96 Å². The number of aryl methyl sites for hydroxylation is 1. The van der Waals surface area contributed by atoms with Crippen LogP contribution in [0.5, 0.6) is 0 Å². The van der Waals surface area contributed by atoms with E-state index in [1.807, 2.05) is 24.1 Å². The van der Waals surface area contributed by atoms with Crippen LogP contribution in [0, 0.1) is 13.8 Å². The lowest BCUT2D eigenvalue weighted by atomic mass is 10.1. The van der Waals surface area contributed by atoms with Crippen molar-refractivity contribution in [1.29, 1.82) is 0 Å². The summed E-state index contributed by atoms with van der Waals surface area (Å²) in [6.07, 6.45) is 1.45. The number of guanidine groups is 1. The Labute approximate surface area is 158 Å². The quantitative estimate of drug-likeness (QED) is 0.841. The van der Waals surface area contributed by atoms with E-state index in [0.29, 0.717) is 6.54 Å². The van der Waals surface area contributed by atoms with Crippen LogP contribution in [0.1, 0.15) is 18.1 Å². The normalized spacial score (nSPS) is 23.8. The van der Waals surface area contributed by atoms with Gasteiger partial charge in [-0.25, -0.2) is 9.79 Å². The minimum atomic E-state index is -0.505. The highest BCUT2D eigenvalue weighted by atomic mass is 16.2. The highest BCUT2D eigenvalue weighted by molar-refractivity contribution is 6.04. The Balaban J connectivity index is 1.48. The second kappa shape index (κ2) is 6.29. The molecule has 0 aliphatic carbocycles. The summed E-state index contributed by atoms with van der Waals surface area (Å²) in [7, 11) is 1.66. The van der Waals surface area contributed by atoms with E-state index >= 15 is 0 Å². The molecule has 3 aliphatic rings. The number of benzene rings is 1. The summed E-state index contributed by atoms with van der Waals surface area (Å²) in [5.41, 5.74) is 4.65. The third kappa shape index (κ3) is 2.72. The van der Waals surface area contributed by atoms with Crippen LogP contribution in [-0.4, -0.2) is 64.9 Å². The van der Waals surface area contributed by atoms with E-state index in [-0.39, 0.29) is 5.91 Å². The van der Waals surface area contributed by atoms with Crippen molar-refractivity contribution in [3.63, 3.8) is 0 Å². The average molecular weight is 368 g/mol. The first-order valence-electron chi connectivity index (χ1n) is 9.08. The Morgan fingerprint density at radius 3 is 2.78 bits per heavy atom. The largest absolute Gasteiger partial charge is 0.383 e. The Kier molecular flexibility index (Phi) is 4.05. The number of fused-ring (bicyclic) bond motifs is 3. The highest BCUT2D eigenvalue weighted by Crippen LogP contribution is 2.31. The first kappa shape index (κ1) is 17.4. The number of allylic oxidation sites excluding steroid dienone is 1. The summed E-state index contributed by atoms with van der Waals surface area (Å²) in [6.45, 7) is 7.66. The lowest BCUT2D eigenvalue weighted by Gasteiger charge is -2.34. The third-order valence-electron chi connectivity index (χ3n) is 5.53. The molecule has 8 nitrogen and oxygen atoms in total. The molecule has 3 heterocycles. The Bertz CT molecular complexity index is 877. The van der Waals surface area contributed by atoms with Gasteiger partial charge in [-0.2, -0.15) is 0 Å². The monoisotopic (exact) mass is 368 g/mol. The number of rotatable bonds is 4. The van der Waals surface area contributed by atoms with E-state index in [0.717, 1.165) is 23.9 Å². The van der Waals surface area contributed by atoms with Crippen LogP contribution >= 0.6 is 0 Å². The van der Waals surface area contributed by atoms with Gasteiger partial charge in [-0.1, -0.05) is 12.1 Å². The number of hydrogen-bond acceptors (Lipinski definition) is 6. The first-order valence-corrected chi connectivity index (χ1v) is 9.08. The number of carbonyl (C=O) groups excluding carboxylic acids is 2. The maximum Gasteiger partial charge on any atom is 0.325 e. The molecule has 8 heteroatoms. The van der Waals surface area contributed by atoms with Crippen molar-refractivity contribution in [2.24, 2.45) is 4.99 Å². The lowest BCUT2D eigenvalue weighted by Crippen LogP contribution is -2.62. The molecule has 0 radical (unpaired) electrons. The van der Waals surface area contributed by atoms with E-state index in [9.17, 15) is 9.59 Å². The molecule has 0 bridgehead atoms. The number of imide groups is 1. The van der Waals surface area contributed by atoms with Crippen molar-refractivity contribution >= 4 is 23.6 Å². The van der Waals surface area contributed by atoms with Crippen molar-refractivity contribution in [3.05, 3.63) is 41.2 Å². The number of nitrogens with zero attached hydrogens (tertiary/aromatic N) is 4. The van der Waals surface area contributed by atoms with Crippen LogP contribution in [0.2, 0.25) is 0 Å². The van der Waals surface area contributed by atoms with E-state index in [2.05, 4.69) is 46.5 Å². The average Bonchev–Trinajstić information content (AvgIpc) is 3.13. The number of hydrogen-bond donors (Lipinski definition) is 2. The molecule has 4 rings (SSSR count). The second-order valence-corrected chi connectivity index (χ2v) is 7.20. The standard InChI is InChI=1S/C19H24N6O2/c1-11-6-5-7-14(13(11)3)20-8-9-24-12(2)10-25-15-16(21-18(24)25)23(4)19(27)22-17(15)26/h5-7,10,15-16,20H,8-9H2,1-4H3,(H,22,26,27). The molecule has 3 aliphatic heterocycles. The molecule has 1 aromatic carbocycles. The Morgan fingerprint density at radius 1 is 1.22 bits per heavy atom.